The molecule has 1 atom stereocenters. The number of halogens is 2. The monoisotopic (exact) mass is 259 g/mol. The molecule has 1 unspecified atom stereocenters. The maximum atomic E-state index is 13.1. The van der Waals surface area contributed by atoms with Crippen LogP contribution < -0.4 is 5.32 Å². The van der Waals surface area contributed by atoms with Gasteiger partial charge in [0.25, 0.3) is 5.91 Å². The van der Waals surface area contributed by atoms with Crippen molar-refractivity contribution >= 4 is 21.8 Å². The molecule has 0 spiro atoms. The predicted octanol–water partition coefficient (Wildman–Crippen LogP) is 2.34. The van der Waals surface area contributed by atoms with Crippen molar-refractivity contribution < 1.29 is 9.18 Å². The van der Waals surface area contributed by atoms with E-state index in [1.165, 1.54) is 12.1 Å². The van der Waals surface area contributed by atoms with Gasteiger partial charge in [-0.1, -0.05) is 35.0 Å². The van der Waals surface area contributed by atoms with Crippen LogP contribution in [0.5, 0.6) is 0 Å². The lowest BCUT2D eigenvalue weighted by Crippen LogP contribution is -2.28. The van der Waals surface area contributed by atoms with Gasteiger partial charge < -0.3 is 5.32 Å². The van der Waals surface area contributed by atoms with Crippen LogP contribution in [0.4, 0.5) is 4.39 Å². The summed E-state index contributed by atoms with van der Waals surface area (Å²) >= 11 is 3.29. The number of hydrogen-bond donors (Lipinski definition) is 1. The third-order valence-corrected chi connectivity index (χ3v) is 1.99. The minimum Gasteiger partial charge on any atom is -0.351 e. The lowest BCUT2D eigenvalue weighted by Gasteiger charge is -2.06. The third kappa shape index (κ3) is 3.10. The van der Waals surface area contributed by atoms with Crippen molar-refractivity contribution in [2.24, 2.45) is 0 Å². The van der Waals surface area contributed by atoms with Crippen LogP contribution in [0, 0.1) is 5.82 Å². The topological polar surface area (TPSA) is 29.1 Å². The molecule has 0 radical (unpaired) electrons. The van der Waals surface area contributed by atoms with Crippen molar-refractivity contribution in [3.8, 4) is 0 Å². The highest BCUT2D eigenvalue weighted by atomic mass is 79.9. The van der Waals surface area contributed by atoms with Crippen LogP contribution in [-0.4, -0.2) is 17.3 Å². The highest BCUT2D eigenvalue weighted by Gasteiger charge is 2.10. The van der Waals surface area contributed by atoms with Crippen molar-refractivity contribution in [3.63, 3.8) is 0 Å². The minimum absolute atomic E-state index is 0.0839. The number of nitrogens with one attached hydrogen (secondary N) is 1. The van der Waals surface area contributed by atoms with Crippen molar-refractivity contribution in [3.05, 3.63) is 35.6 Å². The zero-order valence-electron chi connectivity index (χ0n) is 7.76. The molecule has 4 heteroatoms. The Bertz CT molecular complexity index is 328. The first-order chi connectivity index (χ1) is 6.61. The summed E-state index contributed by atoms with van der Waals surface area (Å²) in [6.45, 7) is 2.38. The molecule has 1 amide bonds. The van der Waals surface area contributed by atoms with Crippen LogP contribution in [0.3, 0.4) is 0 Å². The molecule has 1 rings (SSSR count). The number of carbonyl (C=O) groups is 1. The summed E-state index contributed by atoms with van der Waals surface area (Å²) in [6.07, 6.45) is 0. The molecule has 1 aromatic rings. The number of benzene rings is 1. The van der Waals surface area contributed by atoms with E-state index in [0.29, 0.717) is 6.54 Å². The molecule has 1 N–H and O–H groups in total. The largest absolute Gasteiger partial charge is 0.351 e. The Morgan fingerprint density at radius 2 is 2.21 bits per heavy atom. The Balaban J connectivity index is 2.65. The second-order valence-electron chi connectivity index (χ2n) is 2.97. The summed E-state index contributed by atoms with van der Waals surface area (Å²) in [6, 6.07) is 5.92. The first kappa shape index (κ1) is 11.2. The fourth-order valence-electron chi connectivity index (χ4n) is 0.974. The van der Waals surface area contributed by atoms with Crippen LogP contribution in [-0.2, 0) is 0 Å². The minimum atomic E-state index is -0.493. The number of carbonyl (C=O) groups excluding carboxylic acids is 1. The molecule has 76 valence electrons. The maximum absolute atomic E-state index is 13.1. The van der Waals surface area contributed by atoms with Gasteiger partial charge in [-0.05, 0) is 12.1 Å². The summed E-state index contributed by atoms with van der Waals surface area (Å²) in [5, 5.41) is 2.61. The van der Waals surface area contributed by atoms with Crippen LogP contribution in [0.25, 0.3) is 0 Å². The molecule has 0 aliphatic carbocycles. The third-order valence-electron chi connectivity index (χ3n) is 1.66. The van der Waals surface area contributed by atoms with Gasteiger partial charge in [-0.2, -0.15) is 0 Å². The highest BCUT2D eigenvalue weighted by Crippen LogP contribution is 2.06. The lowest BCUT2D eigenvalue weighted by atomic mass is 10.2. The molecular formula is C10H11BrFNO. The van der Waals surface area contributed by atoms with Gasteiger partial charge in [-0.15, -0.1) is 0 Å². The molecule has 0 bridgehead atoms. The Labute approximate surface area is 90.6 Å². The highest BCUT2D eigenvalue weighted by molar-refractivity contribution is 9.09. The first-order valence-corrected chi connectivity index (χ1v) is 5.19. The molecule has 0 heterocycles. The lowest BCUT2D eigenvalue weighted by molar-refractivity contribution is 0.0950. The molecule has 0 fully saturated rings. The van der Waals surface area contributed by atoms with Crippen molar-refractivity contribution in [2.45, 2.75) is 11.8 Å². The van der Waals surface area contributed by atoms with Gasteiger partial charge in [0.05, 0.1) is 5.56 Å². The van der Waals surface area contributed by atoms with E-state index in [1.807, 2.05) is 6.92 Å². The van der Waals surface area contributed by atoms with E-state index in [9.17, 15) is 9.18 Å². The molecule has 1 aromatic carbocycles. The van der Waals surface area contributed by atoms with Gasteiger partial charge in [-0.3, -0.25) is 4.79 Å². The SMILES string of the molecule is CC(Br)CNC(=O)c1ccccc1F. The standard InChI is InChI=1S/C10H11BrFNO/c1-7(11)6-13-10(14)8-4-2-3-5-9(8)12/h2-5,7H,6H2,1H3,(H,13,14). The average molecular weight is 260 g/mol. The summed E-state index contributed by atoms with van der Waals surface area (Å²) in [4.78, 5) is 11.6. The average Bonchev–Trinajstić information content (AvgIpc) is 2.15. The summed E-state index contributed by atoms with van der Waals surface area (Å²) < 4.78 is 13.1. The van der Waals surface area contributed by atoms with Crippen molar-refractivity contribution in [2.75, 3.05) is 6.54 Å². The fraction of sp³-hybridized carbons (Fsp3) is 0.300. The number of hydrogen-bond acceptors (Lipinski definition) is 1. The Morgan fingerprint density at radius 3 is 2.79 bits per heavy atom. The molecule has 0 aromatic heterocycles. The van der Waals surface area contributed by atoms with Crippen LogP contribution in [0.1, 0.15) is 17.3 Å². The number of amides is 1. The van der Waals surface area contributed by atoms with Crippen molar-refractivity contribution in [1.82, 2.24) is 5.32 Å². The Hall–Kier alpha value is -0.900. The number of alkyl halides is 1. The smallest absolute Gasteiger partial charge is 0.254 e. The van der Waals surface area contributed by atoms with E-state index in [1.54, 1.807) is 12.1 Å². The molecule has 14 heavy (non-hydrogen) atoms. The maximum Gasteiger partial charge on any atom is 0.254 e. The molecule has 0 aliphatic heterocycles. The van der Waals surface area contributed by atoms with Gasteiger partial charge in [0.1, 0.15) is 5.82 Å². The van der Waals surface area contributed by atoms with Crippen LogP contribution >= 0.6 is 15.9 Å². The van der Waals surface area contributed by atoms with Gasteiger partial charge in [-0.25, -0.2) is 4.39 Å². The predicted molar refractivity (Wildman–Crippen MR) is 57.1 cm³/mol. The van der Waals surface area contributed by atoms with Gasteiger partial charge in [0.15, 0.2) is 0 Å². The first-order valence-electron chi connectivity index (χ1n) is 4.28. The zero-order chi connectivity index (χ0) is 10.6. The zero-order valence-corrected chi connectivity index (χ0v) is 9.34. The van der Waals surface area contributed by atoms with Crippen LogP contribution in [0.15, 0.2) is 24.3 Å². The Morgan fingerprint density at radius 1 is 1.57 bits per heavy atom. The molecule has 0 aliphatic rings. The van der Waals surface area contributed by atoms with Gasteiger partial charge in [0.2, 0.25) is 0 Å². The Kier molecular flexibility index (Phi) is 4.07. The van der Waals surface area contributed by atoms with Gasteiger partial charge >= 0.3 is 0 Å². The quantitative estimate of drug-likeness (QED) is 0.830. The summed E-state index contributed by atoms with van der Waals surface area (Å²) in [5.74, 6) is -0.873. The van der Waals surface area contributed by atoms with E-state index in [4.69, 9.17) is 0 Å². The molecular weight excluding hydrogens is 249 g/mol. The van der Waals surface area contributed by atoms with E-state index in [0.717, 1.165) is 0 Å². The van der Waals surface area contributed by atoms with E-state index >= 15 is 0 Å². The summed E-state index contributed by atoms with van der Waals surface area (Å²) in [7, 11) is 0. The van der Waals surface area contributed by atoms with Gasteiger partial charge in [0, 0.05) is 11.4 Å². The molecule has 0 saturated carbocycles. The second kappa shape index (κ2) is 5.10. The summed E-state index contributed by atoms with van der Waals surface area (Å²) in [5.41, 5.74) is 0.0839. The molecule has 2 nitrogen and oxygen atoms in total. The second-order valence-corrected chi connectivity index (χ2v) is 4.53. The fourth-order valence-corrected chi connectivity index (χ4v) is 1.14. The van der Waals surface area contributed by atoms with Crippen LogP contribution in [0.2, 0.25) is 0 Å². The van der Waals surface area contributed by atoms with E-state index < -0.39 is 5.82 Å². The number of rotatable bonds is 3. The van der Waals surface area contributed by atoms with Crippen molar-refractivity contribution in [1.29, 1.82) is 0 Å². The van der Waals surface area contributed by atoms with E-state index in [-0.39, 0.29) is 16.3 Å². The van der Waals surface area contributed by atoms with E-state index in [2.05, 4.69) is 21.2 Å². The molecule has 0 saturated heterocycles. The normalized spacial score (nSPS) is 12.2.